The van der Waals surface area contributed by atoms with Crippen molar-refractivity contribution in [3.8, 4) is 0 Å². The minimum absolute atomic E-state index is 0. The van der Waals surface area contributed by atoms with Gasteiger partial charge in [0.15, 0.2) is 0 Å². The van der Waals surface area contributed by atoms with E-state index in [1.54, 1.807) is 6.92 Å². The summed E-state index contributed by atoms with van der Waals surface area (Å²) in [6.07, 6.45) is -0.138. The number of nitrogens with zero attached hydrogens (tertiary/aromatic N) is 1. The van der Waals surface area contributed by atoms with E-state index in [4.69, 9.17) is 0 Å². The number of carbonyl (C=O) groups is 1. The Morgan fingerprint density at radius 3 is 2.55 bits per heavy atom. The summed E-state index contributed by atoms with van der Waals surface area (Å²) in [5.41, 5.74) is 0. The molecule has 0 aromatic rings. The number of nitro groups is 1. The average Bonchev–Trinajstić information content (AvgIpc) is 1.85. The van der Waals surface area contributed by atoms with Crippen LogP contribution < -0.4 is 51.4 Å². The summed E-state index contributed by atoms with van der Waals surface area (Å²) in [4.78, 5) is 19.6. The van der Waals surface area contributed by atoms with Crippen molar-refractivity contribution in [2.75, 3.05) is 13.2 Å². The van der Waals surface area contributed by atoms with Gasteiger partial charge in [-0.1, -0.05) is 0 Å². The molecule has 0 aliphatic carbocycles. The van der Waals surface area contributed by atoms with Gasteiger partial charge < -0.3 is 4.74 Å². The second-order valence-electron chi connectivity index (χ2n) is 1.61. The SMILES string of the molecule is CCOC(=O)CC[N+](=O)[O-].[K+]. The minimum atomic E-state index is -0.545. The fourth-order valence-electron chi connectivity index (χ4n) is 0.416. The van der Waals surface area contributed by atoms with Gasteiger partial charge in [-0.2, -0.15) is 0 Å². The van der Waals surface area contributed by atoms with Crippen molar-refractivity contribution in [3.63, 3.8) is 0 Å². The maximum atomic E-state index is 10.4. The standard InChI is InChI=1S/C5H9NO4.K/c1-2-10-5(7)3-4-6(8)9;/h2-4H2,1H3;/q;+1. The quantitative estimate of drug-likeness (QED) is 0.206. The molecule has 0 aromatic carbocycles. The predicted octanol–water partition coefficient (Wildman–Crippen LogP) is -2.78. The van der Waals surface area contributed by atoms with Crippen molar-refractivity contribution < 1.29 is 65.8 Å². The smallest absolute Gasteiger partial charge is 0.466 e. The number of ether oxygens (including phenoxy) is 1. The van der Waals surface area contributed by atoms with Gasteiger partial charge in [0.2, 0.25) is 6.54 Å². The zero-order chi connectivity index (χ0) is 7.98. The molecule has 0 unspecified atom stereocenters. The Kier molecular flexibility index (Phi) is 11.0. The third kappa shape index (κ3) is 10.5. The van der Waals surface area contributed by atoms with Gasteiger partial charge in [-0.05, 0) is 6.92 Å². The maximum absolute atomic E-state index is 10.4. The van der Waals surface area contributed by atoms with Gasteiger partial charge in [0.25, 0.3) is 0 Å². The molecule has 0 atom stereocenters. The molecule has 0 rings (SSSR count). The predicted molar refractivity (Wildman–Crippen MR) is 33.1 cm³/mol. The monoisotopic (exact) mass is 186 g/mol. The van der Waals surface area contributed by atoms with Crippen molar-refractivity contribution in [2.45, 2.75) is 13.3 Å². The third-order valence-electron chi connectivity index (χ3n) is 0.804. The van der Waals surface area contributed by atoms with Crippen LogP contribution in [0.15, 0.2) is 0 Å². The molecule has 0 bridgehead atoms. The van der Waals surface area contributed by atoms with Gasteiger partial charge in [0.05, 0.1) is 6.61 Å². The fraction of sp³-hybridized carbons (Fsp3) is 0.800. The second-order valence-corrected chi connectivity index (χ2v) is 1.61. The summed E-state index contributed by atoms with van der Waals surface area (Å²) in [7, 11) is 0. The number of hydrogen-bond donors (Lipinski definition) is 0. The Morgan fingerprint density at radius 1 is 1.64 bits per heavy atom. The van der Waals surface area contributed by atoms with E-state index >= 15 is 0 Å². The third-order valence-corrected chi connectivity index (χ3v) is 0.804. The molecule has 0 fully saturated rings. The van der Waals surface area contributed by atoms with E-state index in [0.717, 1.165) is 0 Å². The van der Waals surface area contributed by atoms with Crippen LogP contribution in [0.1, 0.15) is 13.3 Å². The molecule has 58 valence electrons. The van der Waals surface area contributed by atoms with E-state index in [-0.39, 0.29) is 71.0 Å². The molecule has 0 radical (unpaired) electrons. The van der Waals surface area contributed by atoms with E-state index in [9.17, 15) is 14.9 Å². The van der Waals surface area contributed by atoms with Gasteiger partial charge in [0.1, 0.15) is 6.42 Å². The molecule has 0 saturated heterocycles. The summed E-state index contributed by atoms with van der Waals surface area (Å²) in [6.45, 7) is 1.58. The van der Waals surface area contributed by atoms with Gasteiger partial charge >= 0.3 is 57.4 Å². The van der Waals surface area contributed by atoms with Gasteiger partial charge in [0, 0.05) is 4.92 Å². The summed E-state index contributed by atoms with van der Waals surface area (Å²) >= 11 is 0. The van der Waals surface area contributed by atoms with Crippen molar-refractivity contribution >= 4 is 5.97 Å². The Labute approximate surface area is 107 Å². The number of hydrogen-bond acceptors (Lipinski definition) is 4. The first kappa shape index (κ1) is 14.1. The summed E-state index contributed by atoms with van der Waals surface area (Å²) in [5.74, 6) is -0.515. The van der Waals surface area contributed by atoms with E-state index < -0.39 is 10.9 Å². The number of rotatable bonds is 4. The molecule has 5 nitrogen and oxygen atoms in total. The molecule has 0 heterocycles. The molecule has 0 spiro atoms. The first-order chi connectivity index (χ1) is 4.66. The van der Waals surface area contributed by atoms with Gasteiger partial charge in [-0.25, -0.2) is 0 Å². The molecule has 11 heavy (non-hydrogen) atoms. The fourth-order valence-corrected chi connectivity index (χ4v) is 0.416. The zero-order valence-corrected chi connectivity index (χ0v) is 9.82. The Morgan fingerprint density at radius 2 is 2.18 bits per heavy atom. The summed E-state index contributed by atoms with van der Waals surface area (Å²) in [6, 6.07) is 0. The molecule has 0 aliphatic heterocycles. The Hall–Kier alpha value is 0.506. The van der Waals surface area contributed by atoms with E-state index in [0.29, 0.717) is 0 Å². The second kappa shape index (κ2) is 8.60. The van der Waals surface area contributed by atoms with Crippen LogP contribution in [0.4, 0.5) is 0 Å². The van der Waals surface area contributed by atoms with Crippen molar-refractivity contribution in [2.24, 2.45) is 0 Å². The Bertz CT molecular complexity index is 138. The first-order valence-electron chi connectivity index (χ1n) is 2.94. The average molecular weight is 186 g/mol. The van der Waals surface area contributed by atoms with E-state index in [2.05, 4.69) is 4.74 Å². The van der Waals surface area contributed by atoms with Gasteiger partial charge in [-0.3, -0.25) is 14.9 Å². The van der Waals surface area contributed by atoms with Crippen LogP contribution in [0.3, 0.4) is 0 Å². The molecule has 0 N–H and O–H groups in total. The Balaban J connectivity index is 0. The van der Waals surface area contributed by atoms with Crippen LogP contribution >= 0.6 is 0 Å². The molecular formula is C5H9KNO4+. The molecule has 6 heteroatoms. The maximum Gasteiger partial charge on any atom is 1.00 e. The van der Waals surface area contributed by atoms with Crippen molar-refractivity contribution in [1.82, 2.24) is 0 Å². The minimum Gasteiger partial charge on any atom is -0.466 e. The van der Waals surface area contributed by atoms with Gasteiger partial charge in [-0.15, -0.1) is 0 Å². The summed E-state index contributed by atoms with van der Waals surface area (Å²) in [5, 5.41) is 9.71. The molecule has 0 aromatic heterocycles. The van der Waals surface area contributed by atoms with Crippen molar-refractivity contribution in [1.29, 1.82) is 0 Å². The van der Waals surface area contributed by atoms with Crippen LogP contribution in [0, 0.1) is 10.1 Å². The largest absolute Gasteiger partial charge is 1.00 e. The normalized spacial score (nSPS) is 8.09. The van der Waals surface area contributed by atoms with E-state index in [1.165, 1.54) is 0 Å². The van der Waals surface area contributed by atoms with Crippen LogP contribution in [0.5, 0.6) is 0 Å². The topological polar surface area (TPSA) is 69.4 Å². The van der Waals surface area contributed by atoms with Crippen LogP contribution in [0.25, 0.3) is 0 Å². The molecule has 0 saturated carbocycles. The van der Waals surface area contributed by atoms with Crippen LogP contribution in [0.2, 0.25) is 0 Å². The molecule has 0 aliphatic rings. The molecule has 0 amide bonds. The number of esters is 1. The summed E-state index contributed by atoms with van der Waals surface area (Å²) < 4.78 is 4.45. The first-order valence-corrected chi connectivity index (χ1v) is 2.94. The number of carbonyl (C=O) groups excluding carboxylic acids is 1. The van der Waals surface area contributed by atoms with Crippen LogP contribution in [-0.2, 0) is 9.53 Å². The van der Waals surface area contributed by atoms with Crippen LogP contribution in [-0.4, -0.2) is 24.0 Å². The zero-order valence-electron chi connectivity index (χ0n) is 6.70. The van der Waals surface area contributed by atoms with Crippen molar-refractivity contribution in [3.05, 3.63) is 10.1 Å². The van der Waals surface area contributed by atoms with E-state index in [1.807, 2.05) is 0 Å². The molecular weight excluding hydrogens is 177 g/mol.